The predicted molar refractivity (Wildman–Crippen MR) is 66.5 cm³/mol. The van der Waals surface area contributed by atoms with Crippen molar-refractivity contribution in [3.8, 4) is 5.75 Å². The first-order valence-electron chi connectivity index (χ1n) is 5.43. The maximum Gasteiger partial charge on any atom is 0.255 e. The van der Waals surface area contributed by atoms with E-state index in [1.54, 1.807) is 0 Å². The molecule has 1 unspecified atom stereocenters. The van der Waals surface area contributed by atoms with Crippen LogP contribution in [0.5, 0.6) is 5.75 Å². The molecule has 0 saturated carbocycles. The van der Waals surface area contributed by atoms with Gasteiger partial charge in [0.15, 0.2) is 0 Å². The van der Waals surface area contributed by atoms with Crippen LogP contribution in [0.1, 0.15) is 24.2 Å². The summed E-state index contributed by atoms with van der Waals surface area (Å²) in [6.07, 6.45) is -0.0646. The van der Waals surface area contributed by atoms with E-state index in [2.05, 4.69) is 5.32 Å². The minimum atomic E-state index is -0.364. The second-order valence-electron chi connectivity index (χ2n) is 3.64. The van der Waals surface area contributed by atoms with E-state index in [0.717, 1.165) is 0 Å². The van der Waals surface area contributed by atoms with E-state index >= 15 is 0 Å². The number of carbonyl (C=O) groups excluding carboxylic acids is 1. The highest BCUT2D eigenvalue weighted by molar-refractivity contribution is 6.31. The second kappa shape index (κ2) is 6.47. The zero-order valence-electron chi connectivity index (χ0n) is 9.87. The molecule has 5 heteroatoms. The molecule has 1 aromatic carbocycles. The Kier molecular flexibility index (Phi) is 5.25. The number of aromatic hydroxyl groups is 1. The maximum absolute atomic E-state index is 11.7. The Balaban J connectivity index is 2.61. The molecule has 0 aliphatic heterocycles. The first-order valence-corrected chi connectivity index (χ1v) is 5.80. The Morgan fingerprint density at radius 3 is 2.94 bits per heavy atom. The van der Waals surface area contributed by atoms with Crippen LogP contribution < -0.4 is 5.32 Å². The van der Waals surface area contributed by atoms with Gasteiger partial charge in [-0.15, -0.1) is 0 Å². The average molecular weight is 258 g/mol. The number of rotatable bonds is 5. The number of phenols is 1. The summed E-state index contributed by atoms with van der Waals surface area (Å²) in [6, 6.07) is 4.34. The van der Waals surface area contributed by atoms with Crippen LogP contribution in [0, 0.1) is 0 Å². The Labute approximate surface area is 106 Å². The van der Waals surface area contributed by atoms with Gasteiger partial charge in [-0.05, 0) is 32.0 Å². The summed E-state index contributed by atoms with van der Waals surface area (Å²) in [5.74, 6) is -0.451. The third-order valence-corrected chi connectivity index (χ3v) is 2.44. The Morgan fingerprint density at radius 2 is 2.29 bits per heavy atom. The quantitative estimate of drug-likeness (QED) is 0.850. The van der Waals surface area contributed by atoms with Crippen LogP contribution in [0.15, 0.2) is 18.2 Å². The van der Waals surface area contributed by atoms with Crippen molar-refractivity contribution >= 4 is 17.5 Å². The zero-order valence-corrected chi connectivity index (χ0v) is 10.6. The summed E-state index contributed by atoms with van der Waals surface area (Å²) in [5, 5.41) is 12.6. The summed E-state index contributed by atoms with van der Waals surface area (Å²) >= 11 is 5.76. The number of amides is 1. The smallest absolute Gasteiger partial charge is 0.255 e. The number of halogens is 1. The monoisotopic (exact) mass is 257 g/mol. The van der Waals surface area contributed by atoms with Gasteiger partial charge in [-0.2, -0.15) is 0 Å². The Hall–Kier alpha value is -1.26. The highest BCUT2D eigenvalue weighted by atomic mass is 35.5. The van der Waals surface area contributed by atoms with Crippen LogP contribution in [0.4, 0.5) is 0 Å². The van der Waals surface area contributed by atoms with Gasteiger partial charge in [-0.25, -0.2) is 0 Å². The summed E-state index contributed by atoms with van der Waals surface area (Å²) in [4.78, 5) is 11.7. The summed E-state index contributed by atoms with van der Waals surface area (Å²) < 4.78 is 5.28. The second-order valence-corrected chi connectivity index (χ2v) is 4.07. The van der Waals surface area contributed by atoms with E-state index in [1.165, 1.54) is 18.2 Å². The van der Waals surface area contributed by atoms with Crippen molar-refractivity contribution in [2.45, 2.75) is 20.0 Å². The molecule has 1 atom stereocenters. The molecule has 1 amide bonds. The number of hydrogen-bond acceptors (Lipinski definition) is 3. The van der Waals surface area contributed by atoms with Crippen molar-refractivity contribution in [2.75, 3.05) is 13.2 Å². The lowest BCUT2D eigenvalue weighted by molar-refractivity contribution is 0.0694. The van der Waals surface area contributed by atoms with Gasteiger partial charge >= 0.3 is 0 Å². The lowest BCUT2D eigenvalue weighted by atomic mass is 10.2. The molecule has 1 rings (SSSR count). The van der Waals surface area contributed by atoms with E-state index < -0.39 is 0 Å². The third kappa shape index (κ3) is 4.24. The molecule has 0 aliphatic rings. The standard InChI is InChI=1S/C12H16ClNO3/c1-3-17-8(2)7-14-12(16)10-6-9(13)4-5-11(10)15/h4-6,8,15H,3,7H2,1-2H3,(H,14,16). The summed E-state index contributed by atoms with van der Waals surface area (Å²) in [7, 11) is 0. The number of benzene rings is 1. The van der Waals surface area contributed by atoms with Gasteiger partial charge in [-0.1, -0.05) is 11.6 Å². The highest BCUT2D eigenvalue weighted by Gasteiger charge is 2.12. The van der Waals surface area contributed by atoms with Crippen molar-refractivity contribution in [3.63, 3.8) is 0 Å². The highest BCUT2D eigenvalue weighted by Crippen LogP contribution is 2.21. The summed E-state index contributed by atoms with van der Waals surface area (Å²) in [5.41, 5.74) is 0.168. The van der Waals surface area contributed by atoms with Crippen LogP contribution in [-0.4, -0.2) is 30.3 Å². The van der Waals surface area contributed by atoms with Crippen LogP contribution in [0.25, 0.3) is 0 Å². The summed E-state index contributed by atoms with van der Waals surface area (Å²) in [6.45, 7) is 4.74. The molecule has 0 aliphatic carbocycles. The fourth-order valence-corrected chi connectivity index (χ4v) is 1.54. The van der Waals surface area contributed by atoms with E-state index in [9.17, 15) is 9.90 Å². The molecule has 17 heavy (non-hydrogen) atoms. The van der Waals surface area contributed by atoms with Crippen molar-refractivity contribution in [2.24, 2.45) is 0 Å². The van der Waals surface area contributed by atoms with E-state index in [0.29, 0.717) is 18.2 Å². The van der Waals surface area contributed by atoms with Crippen molar-refractivity contribution < 1.29 is 14.6 Å². The topological polar surface area (TPSA) is 58.6 Å². The molecule has 0 bridgehead atoms. The lowest BCUT2D eigenvalue weighted by Gasteiger charge is -2.13. The van der Waals surface area contributed by atoms with Crippen molar-refractivity contribution in [1.29, 1.82) is 0 Å². The number of carbonyl (C=O) groups is 1. The van der Waals surface area contributed by atoms with E-state index in [1.807, 2.05) is 13.8 Å². The third-order valence-electron chi connectivity index (χ3n) is 2.20. The molecule has 1 aromatic rings. The van der Waals surface area contributed by atoms with Gasteiger partial charge in [0.2, 0.25) is 0 Å². The van der Waals surface area contributed by atoms with Gasteiger partial charge in [0.05, 0.1) is 11.7 Å². The number of phenolic OH excluding ortho intramolecular Hbond substituents is 1. The van der Waals surface area contributed by atoms with Crippen molar-refractivity contribution in [3.05, 3.63) is 28.8 Å². The number of hydrogen-bond donors (Lipinski definition) is 2. The first-order chi connectivity index (χ1) is 8.04. The van der Waals surface area contributed by atoms with E-state index in [4.69, 9.17) is 16.3 Å². The molecule has 2 N–H and O–H groups in total. The molecular formula is C12H16ClNO3. The van der Waals surface area contributed by atoms with Gasteiger partial charge in [0.25, 0.3) is 5.91 Å². The first kappa shape index (κ1) is 13.8. The fraction of sp³-hybridized carbons (Fsp3) is 0.417. The fourth-order valence-electron chi connectivity index (χ4n) is 1.37. The minimum Gasteiger partial charge on any atom is -0.507 e. The molecule has 0 saturated heterocycles. The lowest BCUT2D eigenvalue weighted by Crippen LogP contribution is -2.32. The van der Waals surface area contributed by atoms with Crippen LogP contribution >= 0.6 is 11.6 Å². The molecule has 0 spiro atoms. The predicted octanol–water partition coefficient (Wildman–Crippen LogP) is 2.20. The molecule has 0 heterocycles. The maximum atomic E-state index is 11.7. The molecule has 0 radical (unpaired) electrons. The van der Waals surface area contributed by atoms with Crippen LogP contribution in [0.3, 0.4) is 0 Å². The molecule has 94 valence electrons. The number of nitrogens with one attached hydrogen (secondary N) is 1. The minimum absolute atomic E-state index is 0.0646. The van der Waals surface area contributed by atoms with Gasteiger partial charge in [-0.3, -0.25) is 4.79 Å². The van der Waals surface area contributed by atoms with Crippen LogP contribution in [0.2, 0.25) is 5.02 Å². The number of ether oxygens (including phenoxy) is 1. The molecule has 0 fully saturated rings. The van der Waals surface area contributed by atoms with E-state index in [-0.39, 0.29) is 23.3 Å². The molecule has 0 aromatic heterocycles. The molecule has 4 nitrogen and oxygen atoms in total. The average Bonchev–Trinajstić information content (AvgIpc) is 2.29. The van der Waals surface area contributed by atoms with Crippen LogP contribution in [-0.2, 0) is 4.74 Å². The molecular weight excluding hydrogens is 242 g/mol. The van der Waals surface area contributed by atoms with Crippen molar-refractivity contribution in [1.82, 2.24) is 5.32 Å². The Bertz CT molecular complexity index is 395. The van der Waals surface area contributed by atoms with Gasteiger partial charge in [0, 0.05) is 18.2 Å². The van der Waals surface area contributed by atoms with Gasteiger partial charge < -0.3 is 15.2 Å². The largest absolute Gasteiger partial charge is 0.507 e. The normalized spacial score (nSPS) is 12.2. The SMILES string of the molecule is CCOC(C)CNC(=O)c1cc(Cl)ccc1O. The zero-order chi connectivity index (χ0) is 12.8. The Morgan fingerprint density at radius 1 is 1.59 bits per heavy atom. The van der Waals surface area contributed by atoms with Gasteiger partial charge in [0.1, 0.15) is 5.75 Å².